The zero-order chi connectivity index (χ0) is 22.0. The van der Waals surface area contributed by atoms with Gasteiger partial charge in [0.2, 0.25) is 0 Å². The lowest BCUT2D eigenvalue weighted by atomic mass is 9.83. The number of rotatable bonds is 4. The van der Waals surface area contributed by atoms with Gasteiger partial charge in [0.15, 0.2) is 5.78 Å². The maximum atomic E-state index is 14.0. The van der Waals surface area contributed by atoms with Crippen LogP contribution in [0.3, 0.4) is 0 Å². The second kappa shape index (κ2) is 8.31. The Hall–Kier alpha value is -3.52. The maximum absolute atomic E-state index is 14.0. The van der Waals surface area contributed by atoms with Gasteiger partial charge in [0.1, 0.15) is 17.2 Å². The van der Waals surface area contributed by atoms with Gasteiger partial charge in [-0.15, -0.1) is 0 Å². The summed E-state index contributed by atoms with van der Waals surface area (Å²) in [5.41, 5.74) is -0.529. The van der Waals surface area contributed by atoms with Crippen molar-refractivity contribution >= 4 is 11.7 Å². The molecule has 158 valence electrons. The Morgan fingerprint density at radius 2 is 1.68 bits per heavy atom. The molecule has 1 fully saturated rings. The number of ketones is 1. The molecule has 3 heterocycles. The number of pyridine rings is 2. The van der Waals surface area contributed by atoms with Crippen LogP contribution in [0.4, 0.5) is 8.78 Å². The monoisotopic (exact) mass is 423 g/mol. The van der Waals surface area contributed by atoms with E-state index in [1.54, 1.807) is 42.9 Å². The minimum absolute atomic E-state index is 0.0563. The summed E-state index contributed by atoms with van der Waals surface area (Å²) in [6.07, 6.45) is 4.70. The molecule has 1 amide bonds. The summed E-state index contributed by atoms with van der Waals surface area (Å²) in [5, 5.41) is 10.8. The van der Waals surface area contributed by atoms with Crippen LogP contribution in [0.1, 0.15) is 33.6 Å². The van der Waals surface area contributed by atoms with E-state index in [2.05, 4.69) is 9.97 Å². The summed E-state index contributed by atoms with van der Waals surface area (Å²) in [6, 6.07) is 9.46. The predicted molar refractivity (Wildman–Crippen MR) is 108 cm³/mol. The third kappa shape index (κ3) is 4.06. The summed E-state index contributed by atoms with van der Waals surface area (Å²) in [6.45, 7) is 0.211. The normalized spacial score (nSPS) is 15.5. The molecule has 6 nitrogen and oxygen atoms in total. The van der Waals surface area contributed by atoms with E-state index in [-0.39, 0.29) is 37.4 Å². The van der Waals surface area contributed by atoms with Crippen LogP contribution in [0.5, 0.6) is 0 Å². The fraction of sp³-hybridized carbons (Fsp3) is 0.217. The fourth-order valence-electron chi connectivity index (χ4n) is 3.72. The highest BCUT2D eigenvalue weighted by molar-refractivity contribution is 6.03. The molecule has 1 aromatic carbocycles. The molecule has 1 N–H and O–H groups in total. The number of likely N-dealkylation sites (tertiary alicyclic amines) is 1. The van der Waals surface area contributed by atoms with Crippen LogP contribution in [0, 0.1) is 11.6 Å². The molecule has 3 aromatic rings. The quantitative estimate of drug-likeness (QED) is 0.652. The molecule has 0 atom stereocenters. The number of Topliss-reactive ketones (excluding diaryl/α,β-unsaturated/α-hetero) is 1. The topological polar surface area (TPSA) is 83.4 Å². The molecule has 0 spiro atoms. The number of amides is 1. The van der Waals surface area contributed by atoms with Crippen LogP contribution >= 0.6 is 0 Å². The van der Waals surface area contributed by atoms with Crippen molar-refractivity contribution in [2.45, 2.75) is 18.4 Å². The number of aromatic nitrogens is 2. The number of carbonyl (C=O) groups is 2. The molecule has 4 rings (SSSR count). The molecular weight excluding hydrogens is 404 g/mol. The van der Waals surface area contributed by atoms with Gasteiger partial charge in [0, 0.05) is 56.2 Å². The Kier molecular flexibility index (Phi) is 5.56. The van der Waals surface area contributed by atoms with Crippen molar-refractivity contribution in [1.82, 2.24) is 14.9 Å². The molecule has 0 unspecified atom stereocenters. The average Bonchev–Trinajstić information content (AvgIpc) is 2.79. The van der Waals surface area contributed by atoms with Gasteiger partial charge in [-0.3, -0.25) is 19.6 Å². The van der Waals surface area contributed by atoms with E-state index in [0.717, 1.165) is 17.7 Å². The Labute approximate surface area is 177 Å². The lowest BCUT2D eigenvalue weighted by Crippen LogP contribution is -2.51. The summed E-state index contributed by atoms with van der Waals surface area (Å²) in [7, 11) is 0. The molecule has 1 aliphatic heterocycles. The minimum Gasteiger partial charge on any atom is -0.382 e. The number of carbonyl (C=O) groups excluding carboxylic acids is 2. The van der Waals surface area contributed by atoms with E-state index in [1.807, 2.05) is 0 Å². The van der Waals surface area contributed by atoms with Crippen LogP contribution in [-0.2, 0) is 0 Å². The molecule has 0 saturated carbocycles. The Balaban J connectivity index is 1.52. The second-order valence-corrected chi connectivity index (χ2v) is 7.41. The molecule has 2 aromatic heterocycles. The maximum Gasteiger partial charge on any atom is 0.256 e. The van der Waals surface area contributed by atoms with Crippen LogP contribution in [-0.4, -0.2) is 50.4 Å². The first kappa shape index (κ1) is 20.7. The average molecular weight is 423 g/mol. The number of nitrogens with zero attached hydrogens (tertiary/aromatic N) is 3. The van der Waals surface area contributed by atoms with Gasteiger partial charge in [-0.05, 0) is 36.4 Å². The molecule has 1 aliphatic rings. The molecular formula is C23H19F2N3O3. The van der Waals surface area contributed by atoms with E-state index < -0.39 is 23.0 Å². The lowest BCUT2D eigenvalue weighted by molar-refractivity contribution is -0.00449. The number of piperidine rings is 1. The van der Waals surface area contributed by atoms with Gasteiger partial charge < -0.3 is 10.0 Å². The van der Waals surface area contributed by atoms with Crippen molar-refractivity contribution in [3.63, 3.8) is 0 Å². The minimum atomic E-state index is -1.82. The van der Waals surface area contributed by atoms with Gasteiger partial charge in [-0.1, -0.05) is 0 Å². The molecule has 0 aliphatic carbocycles. The first-order chi connectivity index (χ1) is 14.9. The third-order valence-electron chi connectivity index (χ3n) is 5.47. The van der Waals surface area contributed by atoms with Crippen molar-refractivity contribution in [3.8, 4) is 11.3 Å². The van der Waals surface area contributed by atoms with E-state index in [0.29, 0.717) is 17.3 Å². The van der Waals surface area contributed by atoms with Crippen molar-refractivity contribution < 1.29 is 23.5 Å². The molecule has 8 heteroatoms. The number of benzene rings is 1. The molecule has 0 radical (unpaired) electrons. The largest absolute Gasteiger partial charge is 0.382 e. The fourth-order valence-corrected chi connectivity index (χ4v) is 3.72. The Bertz CT molecular complexity index is 1130. The van der Waals surface area contributed by atoms with Crippen LogP contribution in [0.15, 0.2) is 61.1 Å². The highest BCUT2D eigenvalue weighted by atomic mass is 19.1. The summed E-state index contributed by atoms with van der Waals surface area (Å²) in [5.74, 6) is -2.91. The van der Waals surface area contributed by atoms with Gasteiger partial charge in [0.05, 0.1) is 16.8 Å². The highest BCUT2D eigenvalue weighted by Gasteiger charge is 2.42. The first-order valence-electron chi connectivity index (χ1n) is 9.76. The predicted octanol–water partition coefficient (Wildman–Crippen LogP) is 3.27. The van der Waals surface area contributed by atoms with Crippen LogP contribution in [0.25, 0.3) is 11.3 Å². The smallest absolute Gasteiger partial charge is 0.256 e. The van der Waals surface area contributed by atoms with E-state index in [4.69, 9.17) is 0 Å². The highest BCUT2D eigenvalue weighted by Crippen LogP contribution is 2.30. The van der Waals surface area contributed by atoms with E-state index in [9.17, 15) is 23.5 Å². The van der Waals surface area contributed by atoms with Crippen LogP contribution < -0.4 is 0 Å². The van der Waals surface area contributed by atoms with Gasteiger partial charge in [0.25, 0.3) is 5.91 Å². The first-order valence-corrected chi connectivity index (χ1v) is 9.76. The summed E-state index contributed by atoms with van der Waals surface area (Å²) < 4.78 is 27.1. The van der Waals surface area contributed by atoms with E-state index in [1.165, 1.54) is 4.90 Å². The zero-order valence-corrected chi connectivity index (χ0v) is 16.5. The number of hydrogen-bond donors (Lipinski definition) is 1. The standard InChI is InChI=1S/C23H19F2N3O3/c24-16-3-4-17(19(25)14-16)21(29)23(31)7-12-28(13-8-23)22(30)18-2-1-9-27-20(18)15-5-10-26-11-6-15/h1-6,9-11,14,31H,7-8,12-13H2. The molecule has 0 bridgehead atoms. The Morgan fingerprint density at radius 3 is 2.35 bits per heavy atom. The molecule has 1 saturated heterocycles. The van der Waals surface area contributed by atoms with Gasteiger partial charge in [-0.25, -0.2) is 8.78 Å². The summed E-state index contributed by atoms with van der Waals surface area (Å²) >= 11 is 0. The number of hydrogen-bond acceptors (Lipinski definition) is 5. The van der Waals surface area contributed by atoms with Crippen molar-refractivity contribution in [1.29, 1.82) is 0 Å². The van der Waals surface area contributed by atoms with Gasteiger partial charge in [-0.2, -0.15) is 0 Å². The number of aliphatic hydroxyl groups is 1. The lowest BCUT2D eigenvalue weighted by Gasteiger charge is -2.37. The SMILES string of the molecule is O=C(c1cccnc1-c1ccncc1)N1CCC(O)(C(=O)c2ccc(F)cc2F)CC1. The van der Waals surface area contributed by atoms with Crippen molar-refractivity contribution in [3.05, 3.63) is 83.8 Å². The zero-order valence-electron chi connectivity index (χ0n) is 16.5. The Morgan fingerprint density at radius 1 is 0.968 bits per heavy atom. The summed E-state index contributed by atoms with van der Waals surface area (Å²) in [4.78, 5) is 35.7. The van der Waals surface area contributed by atoms with Crippen molar-refractivity contribution in [2.75, 3.05) is 13.1 Å². The van der Waals surface area contributed by atoms with Crippen molar-refractivity contribution in [2.24, 2.45) is 0 Å². The number of halogens is 2. The van der Waals surface area contributed by atoms with E-state index >= 15 is 0 Å². The molecule has 31 heavy (non-hydrogen) atoms. The second-order valence-electron chi connectivity index (χ2n) is 7.41. The third-order valence-corrected chi connectivity index (χ3v) is 5.47. The van der Waals surface area contributed by atoms with Crippen LogP contribution in [0.2, 0.25) is 0 Å². The van der Waals surface area contributed by atoms with Gasteiger partial charge >= 0.3 is 0 Å².